The van der Waals surface area contributed by atoms with Gasteiger partial charge in [0.15, 0.2) is 0 Å². The SMILES string of the molecule is CN1CCN(Cc2ccc(NC(=O)Nc3cc(C#Cc4cnc5[nH]ccc5c4)ccn3)cc2C(F)(F)F)CC1. The number of pyridine rings is 2. The van der Waals surface area contributed by atoms with Gasteiger partial charge < -0.3 is 15.2 Å². The van der Waals surface area contributed by atoms with E-state index in [0.717, 1.165) is 35.8 Å². The molecule has 8 nitrogen and oxygen atoms in total. The molecule has 4 aromatic rings. The largest absolute Gasteiger partial charge is 0.416 e. The monoisotopic (exact) mass is 533 g/mol. The van der Waals surface area contributed by atoms with E-state index in [4.69, 9.17) is 0 Å². The summed E-state index contributed by atoms with van der Waals surface area (Å²) in [4.78, 5) is 28.1. The molecule has 0 unspecified atom stereocenters. The summed E-state index contributed by atoms with van der Waals surface area (Å²) in [7, 11) is 1.99. The number of carbonyl (C=O) groups excluding carboxylic acids is 1. The topological polar surface area (TPSA) is 89.2 Å². The molecule has 11 heteroatoms. The average molecular weight is 534 g/mol. The number of hydrogen-bond donors (Lipinski definition) is 3. The maximum Gasteiger partial charge on any atom is 0.416 e. The summed E-state index contributed by atoms with van der Waals surface area (Å²) in [6.45, 7) is 3.21. The van der Waals surface area contributed by atoms with Crippen LogP contribution in [0.25, 0.3) is 11.0 Å². The minimum Gasteiger partial charge on any atom is -0.346 e. The molecule has 1 aromatic carbocycles. The lowest BCUT2D eigenvalue weighted by atomic mass is 10.0. The molecular weight excluding hydrogens is 507 g/mol. The first-order chi connectivity index (χ1) is 18.7. The van der Waals surface area contributed by atoms with Crippen LogP contribution in [0.15, 0.2) is 61.1 Å². The molecule has 1 aliphatic heterocycles. The Morgan fingerprint density at radius 3 is 2.59 bits per heavy atom. The van der Waals surface area contributed by atoms with Crippen LogP contribution in [0.1, 0.15) is 22.3 Å². The van der Waals surface area contributed by atoms with Crippen molar-refractivity contribution in [2.75, 3.05) is 43.9 Å². The smallest absolute Gasteiger partial charge is 0.346 e. The van der Waals surface area contributed by atoms with Crippen molar-refractivity contribution in [3.63, 3.8) is 0 Å². The highest BCUT2D eigenvalue weighted by molar-refractivity contribution is 5.99. The van der Waals surface area contributed by atoms with E-state index in [2.05, 4.69) is 42.3 Å². The molecule has 0 aliphatic carbocycles. The van der Waals surface area contributed by atoms with Crippen molar-refractivity contribution in [2.45, 2.75) is 12.7 Å². The van der Waals surface area contributed by atoms with Crippen LogP contribution >= 0.6 is 0 Å². The van der Waals surface area contributed by atoms with Crippen LogP contribution in [0.3, 0.4) is 0 Å². The number of likely N-dealkylation sites (N-methyl/N-ethyl adjacent to an activating group) is 1. The quantitative estimate of drug-likeness (QED) is 0.329. The second-order valence-corrected chi connectivity index (χ2v) is 9.35. The Morgan fingerprint density at radius 1 is 1.00 bits per heavy atom. The number of carbonyl (C=O) groups is 1. The van der Waals surface area contributed by atoms with Gasteiger partial charge in [0.05, 0.1) is 5.56 Å². The van der Waals surface area contributed by atoms with Crippen molar-refractivity contribution < 1.29 is 18.0 Å². The van der Waals surface area contributed by atoms with Gasteiger partial charge in [0, 0.05) is 73.5 Å². The number of nitrogens with one attached hydrogen (secondary N) is 3. The lowest BCUT2D eigenvalue weighted by Gasteiger charge is -2.33. The fourth-order valence-corrected chi connectivity index (χ4v) is 4.31. The zero-order chi connectivity index (χ0) is 27.4. The molecule has 1 fully saturated rings. The summed E-state index contributed by atoms with van der Waals surface area (Å²) in [6.07, 6.45) is 0.396. The first-order valence-electron chi connectivity index (χ1n) is 12.3. The number of halogens is 3. The number of benzene rings is 1. The zero-order valence-electron chi connectivity index (χ0n) is 21.1. The minimum atomic E-state index is -4.55. The normalized spacial score (nSPS) is 14.6. The Bertz CT molecular complexity index is 1550. The van der Waals surface area contributed by atoms with Gasteiger partial charge in [-0.3, -0.25) is 10.2 Å². The molecule has 3 aromatic heterocycles. The number of rotatable bonds is 4. The Balaban J connectivity index is 1.25. The number of fused-ring (bicyclic) bond motifs is 1. The van der Waals surface area contributed by atoms with Crippen molar-refractivity contribution in [3.8, 4) is 11.8 Å². The van der Waals surface area contributed by atoms with Crippen LogP contribution in [-0.4, -0.2) is 64.0 Å². The van der Waals surface area contributed by atoms with Crippen LogP contribution in [0.5, 0.6) is 0 Å². The van der Waals surface area contributed by atoms with E-state index < -0.39 is 17.8 Å². The number of piperazine rings is 1. The standard InChI is InChI=1S/C28H26F3N7O/c1-37-10-12-38(13-11-37)18-22-4-5-23(16-24(22)28(29,30)31)35-27(39)36-25-15-19(6-8-32-25)2-3-20-14-21-7-9-33-26(21)34-17-20/h4-9,14-17H,10-13,18H2,1H3,(H,33,34)(H2,32,35,36,39). The molecule has 2 amide bonds. The molecule has 1 aliphatic rings. The minimum absolute atomic E-state index is 0.0329. The fourth-order valence-electron chi connectivity index (χ4n) is 4.31. The Labute approximate surface area is 223 Å². The fraction of sp³-hybridized carbons (Fsp3) is 0.250. The average Bonchev–Trinajstić information content (AvgIpc) is 3.37. The number of aromatic nitrogens is 3. The number of urea groups is 1. The van der Waals surface area contributed by atoms with Crippen molar-refractivity contribution in [3.05, 3.63) is 83.3 Å². The van der Waals surface area contributed by atoms with Gasteiger partial charge in [-0.25, -0.2) is 14.8 Å². The highest BCUT2D eigenvalue weighted by Gasteiger charge is 2.34. The third-order valence-corrected chi connectivity index (χ3v) is 6.42. The van der Waals surface area contributed by atoms with Gasteiger partial charge in [-0.2, -0.15) is 13.2 Å². The van der Waals surface area contributed by atoms with Crippen LogP contribution in [0.2, 0.25) is 0 Å². The van der Waals surface area contributed by atoms with Gasteiger partial charge in [0.1, 0.15) is 11.5 Å². The molecule has 0 spiro atoms. The number of nitrogens with zero attached hydrogens (tertiary/aromatic N) is 4. The van der Waals surface area contributed by atoms with E-state index >= 15 is 0 Å². The van der Waals surface area contributed by atoms with Gasteiger partial charge in [-0.15, -0.1) is 0 Å². The molecule has 200 valence electrons. The molecule has 0 radical (unpaired) electrons. The second kappa shape index (κ2) is 11.1. The predicted molar refractivity (Wildman–Crippen MR) is 143 cm³/mol. The van der Waals surface area contributed by atoms with Crippen molar-refractivity contribution in [1.82, 2.24) is 24.8 Å². The van der Waals surface area contributed by atoms with Crippen LogP contribution in [0.4, 0.5) is 29.5 Å². The van der Waals surface area contributed by atoms with Crippen LogP contribution in [-0.2, 0) is 12.7 Å². The van der Waals surface area contributed by atoms with Gasteiger partial charge in [0.2, 0.25) is 0 Å². The first kappa shape index (κ1) is 26.2. The Morgan fingerprint density at radius 2 is 1.79 bits per heavy atom. The predicted octanol–water partition coefficient (Wildman–Crippen LogP) is 4.77. The third kappa shape index (κ3) is 6.73. The molecular formula is C28H26F3N7O. The molecule has 39 heavy (non-hydrogen) atoms. The highest BCUT2D eigenvalue weighted by Crippen LogP contribution is 2.34. The summed E-state index contributed by atoms with van der Waals surface area (Å²) in [6, 6.07) is 10.2. The maximum atomic E-state index is 13.8. The van der Waals surface area contributed by atoms with Gasteiger partial charge in [-0.05, 0) is 49.0 Å². The third-order valence-electron chi connectivity index (χ3n) is 6.42. The lowest BCUT2D eigenvalue weighted by molar-refractivity contribution is -0.138. The van der Waals surface area contributed by atoms with E-state index in [1.807, 2.05) is 24.1 Å². The summed E-state index contributed by atoms with van der Waals surface area (Å²) >= 11 is 0. The summed E-state index contributed by atoms with van der Waals surface area (Å²) in [5.41, 5.74) is 1.54. The Hall–Kier alpha value is -4.40. The molecule has 0 bridgehead atoms. The van der Waals surface area contributed by atoms with Gasteiger partial charge in [-0.1, -0.05) is 17.9 Å². The number of alkyl halides is 3. The summed E-state index contributed by atoms with van der Waals surface area (Å²) in [5, 5.41) is 5.97. The molecule has 5 rings (SSSR count). The molecule has 1 saturated heterocycles. The molecule has 3 N–H and O–H groups in total. The van der Waals surface area contributed by atoms with Crippen LogP contribution in [0, 0.1) is 11.8 Å². The van der Waals surface area contributed by atoms with Gasteiger partial charge >= 0.3 is 12.2 Å². The number of hydrogen-bond acceptors (Lipinski definition) is 5. The maximum absolute atomic E-state index is 13.8. The molecule has 0 saturated carbocycles. The van der Waals surface area contributed by atoms with E-state index in [1.54, 1.807) is 24.5 Å². The van der Waals surface area contributed by atoms with Crippen molar-refractivity contribution in [1.29, 1.82) is 0 Å². The zero-order valence-corrected chi connectivity index (χ0v) is 21.1. The second-order valence-electron chi connectivity index (χ2n) is 9.35. The Kier molecular flexibility index (Phi) is 7.49. The van der Waals surface area contributed by atoms with Crippen molar-refractivity contribution >= 4 is 28.6 Å². The van der Waals surface area contributed by atoms with E-state index in [0.29, 0.717) is 18.7 Å². The van der Waals surface area contributed by atoms with E-state index in [-0.39, 0.29) is 23.6 Å². The lowest BCUT2D eigenvalue weighted by Crippen LogP contribution is -2.44. The first-order valence-corrected chi connectivity index (χ1v) is 12.3. The highest BCUT2D eigenvalue weighted by atomic mass is 19.4. The number of aromatic amines is 1. The number of H-pyrrole nitrogens is 1. The summed E-state index contributed by atoms with van der Waals surface area (Å²) < 4.78 is 41.5. The van der Waals surface area contributed by atoms with E-state index in [1.165, 1.54) is 18.3 Å². The molecule has 4 heterocycles. The van der Waals surface area contributed by atoms with Gasteiger partial charge in [0.25, 0.3) is 0 Å². The molecule has 0 atom stereocenters. The number of anilines is 2. The summed E-state index contributed by atoms with van der Waals surface area (Å²) in [5.74, 6) is 6.24. The van der Waals surface area contributed by atoms with Crippen molar-refractivity contribution in [2.24, 2.45) is 0 Å². The number of amides is 2. The van der Waals surface area contributed by atoms with E-state index in [9.17, 15) is 18.0 Å². The van der Waals surface area contributed by atoms with Crippen LogP contribution < -0.4 is 10.6 Å².